The zero-order valence-electron chi connectivity index (χ0n) is 17.9. The van der Waals surface area contributed by atoms with Crippen LogP contribution >= 0.6 is 20.3 Å². The highest BCUT2D eigenvalue weighted by Crippen LogP contribution is 2.32. The molecule has 166 valence electrons. The van der Waals surface area contributed by atoms with Crippen molar-refractivity contribution in [3.05, 3.63) is 127 Å². The van der Waals surface area contributed by atoms with Crippen molar-refractivity contribution in [2.45, 2.75) is 6.92 Å². The Morgan fingerprint density at radius 3 is 1.52 bits per heavy atom. The van der Waals surface area contributed by atoms with E-state index in [1.807, 2.05) is 0 Å². The van der Waals surface area contributed by atoms with Gasteiger partial charge in [0.05, 0.1) is 0 Å². The molecule has 6 heteroatoms. The molecule has 0 saturated heterocycles. The molecule has 0 saturated carbocycles. The minimum atomic E-state index is -0.914. The average Bonchev–Trinajstić information content (AvgIpc) is 2.85. The summed E-state index contributed by atoms with van der Waals surface area (Å²) >= 11 is 0. The fraction of sp³-hybridized carbons (Fsp3) is 0.0370. The maximum Gasteiger partial charge on any atom is 0.185 e. The second kappa shape index (κ2) is 11.6. The zero-order chi connectivity index (χ0) is 22.3. The molecule has 0 radical (unpaired) electrons. The van der Waals surface area contributed by atoms with E-state index < -0.39 is 19.6 Å². The Hall–Kier alpha value is -3.20. The molecule has 0 aliphatic rings. The monoisotopic (exact) mass is 478 g/mol. The van der Waals surface area contributed by atoms with E-state index in [4.69, 9.17) is 0 Å². The van der Waals surface area contributed by atoms with Gasteiger partial charge in [0.2, 0.25) is 0 Å². The third kappa shape index (κ3) is 5.78. The van der Waals surface area contributed by atoms with Gasteiger partial charge in [0.25, 0.3) is 0 Å². The Kier molecular flexibility index (Phi) is 8.59. The lowest BCUT2D eigenvalue weighted by atomic mass is 10.2. The molecule has 0 aliphatic carbocycles. The number of benzene rings is 4. The van der Waals surface area contributed by atoms with Crippen LogP contribution in [0.1, 0.15) is 5.69 Å². The number of hydrogen-bond acceptors (Lipinski definition) is 2. The number of nitrogens with zero attached hydrogens (tertiary/aromatic N) is 2. The number of aromatic nitrogens is 2. The normalized spacial score (nSPS) is 10.3. The van der Waals surface area contributed by atoms with Crippen LogP contribution in [0.4, 0.5) is 8.78 Å². The van der Waals surface area contributed by atoms with E-state index in [9.17, 15) is 8.78 Å². The van der Waals surface area contributed by atoms with Gasteiger partial charge in [0, 0.05) is 11.1 Å². The minimum absolute atomic E-state index is 0. The standard InChI is InChI=1S/C18H15P.C9H6F2N2.ClH/c1-4-10-16(11-5-1)19(17-12-6-2-7-13-17)18-14-8-3-9-15-18;1-5-6-2-3-7(10)8(11)9(6)13-4-12-5;/h1-15H;2-4H,1H3;1H. The van der Waals surface area contributed by atoms with Gasteiger partial charge in [-0.2, -0.15) is 0 Å². The molecule has 0 bridgehead atoms. The first-order chi connectivity index (χ1) is 15.6. The highest BCUT2D eigenvalue weighted by Gasteiger charge is 2.15. The second-order valence-corrected chi connectivity index (χ2v) is 9.28. The molecule has 4 aromatic carbocycles. The fourth-order valence-corrected chi connectivity index (χ4v) is 5.68. The summed E-state index contributed by atoms with van der Waals surface area (Å²) < 4.78 is 25.9. The van der Waals surface area contributed by atoms with Gasteiger partial charge in [-0.25, -0.2) is 18.7 Å². The average molecular weight is 479 g/mol. The maximum atomic E-state index is 13.1. The van der Waals surface area contributed by atoms with Gasteiger partial charge in [0.15, 0.2) is 11.6 Å². The second-order valence-electron chi connectivity index (χ2n) is 7.06. The van der Waals surface area contributed by atoms with Gasteiger partial charge in [0.1, 0.15) is 11.8 Å². The molecule has 0 spiro atoms. The predicted molar refractivity (Wildman–Crippen MR) is 137 cm³/mol. The van der Waals surface area contributed by atoms with Gasteiger partial charge in [-0.1, -0.05) is 91.0 Å². The van der Waals surface area contributed by atoms with Gasteiger partial charge >= 0.3 is 0 Å². The van der Waals surface area contributed by atoms with E-state index in [-0.39, 0.29) is 17.9 Å². The predicted octanol–water partition coefficient (Wildman–Crippen LogP) is 6.08. The van der Waals surface area contributed by atoms with E-state index in [1.165, 1.54) is 28.3 Å². The van der Waals surface area contributed by atoms with Crippen molar-refractivity contribution in [2.75, 3.05) is 0 Å². The van der Waals surface area contributed by atoms with Gasteiger partial charge < -0.3 is 0 Å². The number of aryl methyl sites for hydroxylation is 1. The van der Waals surface area contributed by atoms with E-state index in [1.54, 1.807) is 6.92 Å². The Labute approximate surface area is 199 Å². The van der Waals surface area contributed by atoms with E-state index in [0.29, 0.717) is 11.1 Å². The summed E-state index contributed by atoms with van der Waals surface area (Å²) in [4.78, 5) is 7.55. The molecule has 2 nitrogen and oxygen atoms in total. The third-order valence-corrected chi connectivity index (χ3v) is 7.38. The molecule has 33 heavy (non-hydrogen) atoms. The third-order valence-electron chi connectivity index (χ3n) is 4.94. The van der Waals surface area contributed by atoms with Crippen LogP contribution < -0.4 is 15.9 Å². The molecule has 0 N–H and O–H groups in total. The van der Waals surface area contributed by atoms with Crippen LogP contribution in [0.15, 0.2) is 109 Å². The van der Waals surface area contributed by atoms with E-state index in [2.05, 4.69) is 101 Å². The van der Waals surface area contributed by atoms with Crippen molar-refractivity contribution >= 4 is 47.1 Å². The van der Waals surface area contributed by atoms with Crippen molar-refractivity contribution in [1.29, 1.82) is 0 Å². The van der Waals surface area contributed by atoms with Gasteiger partial charge in [-0.05, 0) is 42.9 Å². The zero-order valence-corrected chi connectivity index (χ0v) is 19.6. The van der Waals surface area contributed by atoms with Crippen LogP contribution in [0, 0.1) is 18.6 Å². The van der Waals surface area contributed by atoms with Crippen molar-refractivity contribution in [3.63, 3.8) is 0 Å². The first-order valence-corrected chi connectivity index (χ1v) is 11.5. The molecular formula is C27H22ClF2N2P. The molecule has 0 atom stereocenters. The maximum absolute atomic E-state index is 13.1. The van der Waals surface area contributed by atoms with Gasteiger partial charge in [-0.15, -0.1) is 12.4 Å². The smallest absolute Gasteiger partial charge is 0.185 e. The van der Waals surface area contributed by atoms with E-state index >= 15 is 0 Å². The van der Waals surface area contributed by atoms with Crippen molar-refractivity contribution in [3.8, 4) is 0 Å². The van der Waals surface area contributed by atoms with Crippen LogP contribution in [0.3, 0.4) is 0 Å². The Morgan fingerprint density at radius 1 is 0.606 bits per heavy atom. The molecule has 0 aliphatic heterocycles. The molecular weight excluding hydrogens is 457 g/mol. The lowest BCUT2D eigenvalue weighted by molar-refractivity contribution is 0.515. The molecule has 5 aromatic rings. The summed E-state index contributed by atoms with van der Waals surface area (Å²) in [6, 6.07) is 34.9. The first kappa shape index (κ1) is 24.4. The number of hydrogen-bond donors (Lipinski definition) is 0. The van der Waals surface area contributed by atoms with Crippen molar-refractivity contribution in [1.82, 2.24) is 9.97 Å². The summed E-state index contributed by atoms with van der Waals surface area (Å²) in [5.74, 6) is -1.80. The Balaban J connectivity index is 0.000000192. The highest BCUT2D eigenvalue weighted by molar-refractivity contribution is 7.79. The van der Waals surface area contributed by atoms with Crippen LogP contribution in [-0.4, -0.2) is 9.97 Å². The molecule has 5 rings (SSSR count). The lowest BCUT2D eigenvalue weighted by Gasteiger charge is -2.18. The summed E-state index contributed by atoms with van der Waals surface area (Å²) in [5.41, 5.74) is 0.677. The summed E-state index contributed by atoms with van der Waals surface area (Å²) in [6.07, 6.45) is 1.22. The number of halogens is 3. The molecule has 1 aromatic heterocycles. The summed E-state index contributed by atoms with van der Waals surface area (Å²) in [7, 11) is -0.446. The number of fused-ring (bicyclic) bond motifs is 1. The fourth-order valence-electron chi connectivity index (χ4n) is 3.38. The molecule has 0 fully saturated rings. The summed E-state index contributed by atoms with van der Waals surface area (Å²) in [5, 5.41) is 4.74. The molecule has 1 heterocycles. The minimum Gasteiger partial charge on any atom is -0.241 e. The molecule has 0 unspecified atom stereocenters. The topological polar surface area (TPSA) is 25.8 Å². The van der Waals surface area contributed by atoms with Crippen molar-refractivity contribution < 1.29 is 8.78 Å². The lowest BCUT2D eigenvalue weighted by Crippen LogP contribution is -2.20. The first-order valence-electron chi connectivity index (χ1n) is 10.2. The summed E-state index contributed by atoms with van der Waals surface area (Å²) in [6.45, 7) is 1.72. The van der Waals surface area contributed by atoms with Crippen LogP contribution in [0.25, 0.3) is 10.9 Å². The highest BCUT2D eigenvalue weighted by atomic mass is 35.5. The number of rotatable bonds is 3. The van der Waals surface area contributed by atoms with E-state index in [0.717, 1.165) is 6.07 Å². The van der Waals surface area contributed by atoms with Gasteiger partial charge in [-0.3, -0.25) is 0 Å². The SMILES string of the molecule is Cc1ncnc2c(F)c(F)ccc12.Cl.c1ccc(P(c2ccccc2)c2ccccc2)cc1. The van der Waals surface area contributed by atoms with Crippen LogP contribution in [0.5, 0.6) is 0 Å². The van der Waals surface area contributed by atoms with Crippen LogP contribution in [-0.2, 0) is 0 Å². The van der Waals surface area contributed by atoms with Crippen LogP contribution in [0.2, 0.25) is 0 Å². The quantitative estimate of drug-likeness (QED) is 0.294. The Bertz CT molecular complexity index is 1210. The van der Waals surface area contributed by atoms with Crippen molar-refractivity contribution in [2.24, 2.45) is 0 Å². The molecule has 0 amide bonds. The largest absolute Gasteiger partial charge is 0.241 e. The Morgan fingerprint density at radius 2 is 1.06 bits per heavy atom.